The van der Waals surface area contributed by atoms with Gasteiger partial charge in [-0.3, -0.25) is 4.79 Å². The first-order chi connectivity index (χ1) is 14.5. The highest BCUT2D eigenvalue weighted by Crippen LogP contribution is 2.29. The Bertz CT molecular complexity index is 1190. The van der Waals surface area contributed by atoms with E-state index in [1.807, 2.05) is 30.3 Å². The van der Waals surface area contributed by atoms with E-state index in [-0.39, 0.29) is 17.0 Å². The van der Waals surface area contributed by atoms with Gasteiger partial charge in [0, 0.05) is 17.3 Å². The average Bonchev–Trinajstić information content (AvgIpc) is 3.40. The number of H-pyrrole nitrogens is 1. The van der Waals surface area contributed by atoms with Crippen LogP contribution in [0.5, 0.6) is 5.75 Å². The maximum absolute atomic E-state index is 12.9. The third-order valence-corrected chi connectivity index (χ3v) is 4.64. The maximum Gasteiger partial charge on any atom is 0.352 e. The summed E-state index contributed by atoms with van der Waals surface area (Å²) in [4.78, 5) is 26.6. The summed E-state index contributed by atoms with van der Waals surface area (Å²) >= 11 is 0. The van der Waals surface area contributed by atoms with Crippen LogP contribution in [0.1, 0.15) is 37.7 Å². The van der Waals surface area contributed by atoms with E-state index in [1.165, 1.54) is 12.3 Å². The van der Waals surface area contributed by atoms with Gasteiger partial charge in [-0.2, -0.15) is 0 Å². The van der Waals surface area contributed by atoms with E-state index in [1.54, 1.807) is 31.2 Å². The molecule has 2 N–H and O–H groups in total. The van der Waals surface area contributed by atoms with E-state index >= 15 is 0 Å². The van der Waals surface area contributed by atoms with E-state index in [0.29, 0.717) is 34.9 Å². The number of hydrogen-bond acceptors (Lipinski definition) is 5. The number of nitrogens with one attached hydrogen (secondary N) is 1. The number of aromatic carboxylic acids is 1. The van der Waals surface area contributed by atoms with Gasteiger partial charge in [0.15, 0.2) is 5.78 Å². The van der Waals surface area contributed by atoms with Crippen molar-refractivity contribution in [1.82, 2.24) is 10.1 Å². The van der Waals surface area contributed by atoms with Crippen LogP contribution in [0.4, 0.5) is 0 Å². The first kappa shape index (κ1) is 19.2. The summed E-state index contributed by atoms with van der Waals surface area (Å²) in [6.45, 7) is 2.10. The summed E-state index contributed by atoms with van der Waals surface area (Å²) in [7, 11) is 0. The highest BCUT2D eigenvalue weighted by Gasteiger charge is 2.24. The van der Waals surface area contributed by atoms with Gasteiger partial charge in [0.1, 0.15) is 29.5 Å². The van der Waals surface area contributed by atoms with Gasteiger partial charge in [-0.1, -0.05) is 35.5 Å². The number of carbonyl (C=O) groups excluding carboxylic acids is 1. The van der Waals surface area contributed by atoms with Gasteiger partial charge >= 0.3 is 5.97 Å². The number of hydrogen-bond donors (Lipinski definition) is 2. The maximum atomic E-state index is 12.9. The minimum atomic E-state index is -1.14. The summed E-state index contributed by atoms with van der Waals surface area (Å²) in [6.07, 6.45) is 1.36. The van der Waals surface area contributed by atoms with Crippen LogP contribution < -0.4 is 4.74 Å². The van der Waals surface area contributed by atoms with Gasteiger partial charge < -0.3 is 19.4 Å². The number of carboxylic acids is 1. The summed E-state index contributed by atoms with van der Waals surface area (Å²) in [5.74, 6) is -0.454. The molecule has 4 rings (SSSR count). The molecule has 0 aliphatic heterocycles. The third-order valence-electron chi connectivity index (χ3n) is 4.64. The zero-order valence-corrected chi connectivity index (χ0v) is 16.1. The molecule has 0 unspecified atom stereocenters. The number of aromatic nitrogens is 2. The van der Waals surface area contributed by atoms with Gasteiger partial charge in [-0.05, 0) is 42.8 Å². The molecule has 7 heteroatoms. The molecule has 0 aliphatic carbocycles. The molecule has 0 amide bonds. The van der Waals surface area contributed by atoms with Crippen LogP contribution in [0, 0.1) is 6.92 Å². The number of benzene rings is 2. The molecule has 2 heterocycles. The number of rotatable bonds is 7. The largest absolute Gasteiger partial charge is 0.489 e. The Morgan fingerprint density at radius 2 is 1.83 bits per heavy atom. The SMILES string of the molecule is Cc1onc(-c2ccc(OCc3ccccc3)cc2)c1C(=O)c1c[nH]c(C(=O)O)c1. The van der Waals surface area contributed by atoms with Crippen LogP contribution >= 0.6 is 0 Å². The fourth-order valence-electron chi connectivity index (χ4n) is 3.08. The number of ether oxygens (including phenoxy) is 1. The predicted octanol–water partition coefficient (Wildman–Crippen LogP) is 4.49. The number of aromatic amines is 1. The molecule has 7 nitrogen and oxygen atoms in total. The molecular formula is C23H18N2O5. The van der Waals surface area contributed by atoms with Gasteiger partial charge in [0.2, 0.25) is 0 Å². The Morgan fingerprint density at radius 1 is 1.10 bits per heavy atom. The standard InChI is InChI=1S/C23H18N2O5/c1-14-20(22(26)17-11-19(23(27)28)24-12-17)21(25-30-14)16-7-9-18(10-8-16)29-13-15-5-3-2-4-6-15/h2-12,24H,13H2,1H3,(H,27,28). The molecule has 2 aromatic carbocycles. The van der Waals surface area contributed by atoms with Crippen molar-refractivity contribution in [1.29, 1.82) is 0 Å². The Kier molecular flexibility index (Phi) is 5.17. The number of aryl methyl sites for hydroxylation is 1. The lowest BCUT2D eigenvalue weighted by Crippen LogP contribution is -2.03. The van der Waals surface area contributed by atoms with Crippen molar-refractivity contribution >= 4 is 11.8 Å². The van der Waals surface area contributed by atoms with Crippen LogP contribution in [0.15, 0.2) is 71.4 Å². The van der Waals surface area contributed by atoms with Gasteiger partial charge in [0.05, 0.1) is 5.56 Å². The van der Waals surface area contributed by atoms with Gasteiger partial charge in [-0.15, -0.1) is 0 Å². The van der Waals surface area contributed by atoms with Crippen molar-refractivity contribution in [2.24, 2.45) is 0 Å². The molecule has 150 valence electrons. The van der Waals surface area contributed by atoms with Crippen molar-refractivity contribution in [2.45, 2.75) is 13.5 Å². The summed E-state index contributed by atoms with van der Waals surface area (Å²) < 4.78 is 11.0. The van der Waals surface area contributed by atoms with Crippen molar-refractivity contribution in [3.63, 3.8) is 0 Å². The lowest BCUT2D eigenvalue weighted by Gasteiger charge is -2.07. The molecule has 30 heavy (non-hydrogen) atoms. The van der Waals surface area contributed by atoms with Crippen molar-refractivity contribution < 1.29 is 24.0 Å². The Balaban J connectivity index is 1.56. The van der Waals surface area contributed by atoms with Crippen molar-refractivity contribution in [2.75, 3.05) is 0 Å². The highest BCUT2D eigenvalue weighted by atomic mass is 16.5. The van der Waals surface area contributed by atoms with Crippen molar-refractivity contribution in [3.8, 4) is 17.0 Å². The summed E-state index contributed by atoms with van der Waals surface area (Å²) in [5, 5.41) is 13.1. The topological polar surface area (TPSA) is 105 Å². The number of carboxylic acid groups (broad SMARTS) is 1. The molecule has 0 bridgehead atoms. The second-order valence-electron chi connectivity index (χ2n) is 6.70. The van der Waals surface area contributed by atoms with Crippen LogP contribution in [0.3, 0.4) is 0 Å². The van der Waals surface area contributed by atoms with Crippen LogP contribution in [0.25, 0.3) is 11.3 Å². The molecule has 0 saturated heterocycles. The molecule has 0 fully saturated rings. The number of carbonyl (C=O) groups is 2. The first-order valence-electron chi connectivity index (χ1n) is 9.23. The normalized spacial score (nSPS) is 10.7. The van der Waals surface area contributed by atoms with E-state index in [0.717, 1.165) is 5.56 Å². The number of ketones is 1. The quantitative estimate of drug-likeness (QED) is 0.441. The Hall–Kier alpha value is -4.13. The van der Waals surface area contributed by atoms with Crippen LogP contribution in [-0.4, -0.2) is 27.0 Å². The van der Waals surface area contributed by atoms with Crippen LogP contribution in [0.2, 0.25) is 0 Å². The van der Waals surface area contributed by atoms with Crippen molar-refractivity contribution in [3.05, 3.63) is 95.0 Å². The highest BCUT2D eigenvalue weighted by molar-refractivity contribution is 6.13. The third kappa shape index (κ3) is 3.86. The van der Waals surface area contributed by atoms with E-state index in [9.17, 15) is 9.59 Å². The molecule has 0 aliphatic rings. The summed E-state index contributed by atoms with van der Waals surface area (Å²) in [6, 6.07) is 18.3. The monoisotopic (exact) mass is 402 g/mol. The fraction of sp³-hybridized carbons (Fsp3) is 0.0870. The average molecular weight is 402 g/mol. The Labute approximate surface area is 171 Å². The fourth-order valence-corrected chi connectivity index (χ4v) is 3.08. The molecule has 0 atom stereocenters. The predicted molar refractivity (Wildman–Crippen MR) is 109 cm³/mol. The lowest BCUT2D eigenvalue weighted by atomic mass is 9.99. The van der Waals surface area contributed by atoms with E-state index < -0.39 is 5.97 Å². The molecule has 0 spiro atoms. The first-order valence-corrected chi connectivity index (χ1v) is 9.23. The van der Waals surface area contributed by atoms with E-state index in [4.69, 9.17) is 14.4 Å². The lowest BCUT2D eigenvalue weighted by molar-refractivity contribution is 0.0691. The van der Waals surface area contributed by atoms with Crippen LogP contribution in [-0.2, 0) is 6.61 Å². The molecule has 0 saturated carbocycles. The molecule has 2 aromatic heterocycles. The zero-order chi connectivity index (χ0) is 21.1. The van der Waals surface area contributed by atoms with E-state index in [2.05, 4.69) is 10.1 Å². The summed E-state index contributed by atoms with van der Waals surface area (Å²) in [5.41, 5.74) is 2.61. The smallest absolute Gasteiger partial charge is 0.352 e. The molecule has 4 aromatic rings. The zero-order valence-electron chi connectivity index (χ0n) is 16.1. The minimum Gasteiger partial charge on any atom is -0.489 e. The number of nitrogens with zero attached hydrogens (tertiary/aromatic N) is 1. The second-order valence-corrected chi connectivity index (χ2v) is 6.70. The van der Waals surface area contributed by atoms with Gasteiger partial charge in [0.25, 0.3) is 0 Å². The Morgan fingerprint density at radius 3 is 2.50 bits per heavy atom. The molecular weight excluding hydrogens is 384 g/mol. The van der Waals surface area contributed by atoms with Gasteiger partial charge in [-0.25, -0.2) is 4.79 Å². The second kappa shape index (κ2) is 8.08. The minimum absolute atomic E-state index is 0.0612. The molecule has 0 radical (unpaired) electrons.